The van der Waals surface area contributed by atoms with Crippen LogP contribution in [0.2, 0.25) is 0 Å². The van der Waals surface area contributed by atoms with E-state index >= 15 is 0 Å². The fraction of sp³-hybridized carbons (Fsp3) is 0.278. The van der Waals surface area contributed by atoms with Crippen molar-refractivity contribution >= 4 is 5.78 Å². The Labute approximate surface area is 137 Å². The number of rotatable bonds is 4. The lowest BCUT2D eigenvalue weighted by Crippen LogP contribution is -3.00. The summed E-state index contributed by atoms with van der Waals surface area (Å²) in [7, 11) is 0. The summed E-state index contributed by atoms with van der Waals surface area (Å²) in [6.45, 7) is 5.96. The lowest BCUT2D eigenvalue weighted by Gasteiger charge is -2.13. The molecule has 2 rings (SSSR count). The van der Waals surface area contributed by atoms with E-state index in [1.165, 1.54) is 16.7 Å². The minimum Gasteiger partial charge on any atom is -1.00 e. The first kappa shape index (κ1) is 17.6. The largest absolute Gasteiger partial charge is 1.00 e. The number of carbonyl (C=O) groups is 1. The first-order chi connectivity index (χ1) is 9.50. The van der Waals surface area contributed by atoms with Gasteiger partial charge in [0.2, 0.25) is 5.78 Å². The Hall–Kier alpha value is -1.45. The summed E-state index contributed by atoms with van der Waals surface area (Å²) in [5.74, 6) is 0.122. The molecule has 1 unspecified atom stereocenters. The third kappa shape index (κ3) is 4.02. The smallest absolute Gasteiger partial charge is 0.219 e. The molecule has 2 aromatic carbocycles. The lowest BCUT2D eigenvalue weighted by atomic mass is 9.91. The van der Waals surface area contributed by atoms with E-state index in [9.17, 15) is 4.79 Å². The first-order valence-corrected chi connectivity index (χ1v) is 7.01. The van der Waals surface area contributed by atoms with Crippen molar-refractivity contribution < 1.29 is 27.5 Å². The zero-order valence-electron chi connectivity index (χ0n) is 12.8. The van der Waals surface area contributed by atoms with E-state index < -0.39 is 0 Å². The normalized spacial score (nSPS) is 11.6. The standard InChI is InChI=1S/C18H21NO.BrH/c1-12-13(2)17(18(20)14(3)19)10-9-16(12)11-15-7-5-4-6-8-15;/h4-10,14H,11,19H2,1-3H3;1H. The van der Waals surface area contributed by atoms with Crippen LogP contribution >= 0.6 is 0 Å². The van der Waals surface area contributed by atoms with Crippen molar-refractivity contribution in [3.8, 4) is 0 Å². The summed E-state index contributed by atoms with van der Waals surface area (Å²) in [5.41, 5.74) is 9.50. The summed E-state index contributed by atoms with van der Waals surface area (Å²) in [6, 6.07) is 14.2. The highest BCUT2D eigenvalue weighted by Gasteiger charge is 2.18. The number of benzene rings is 2. The van der Waals surface area contributed by atoms with Gasteiger partial charge < -0.3 is 22.7 Å². The number of hydrogen-bond donors (Lipinski definition) is 1. The van der Waals surface area contributed by atoms with Crippen molar-refractivity contribution in [1.29, 1.82) is 0 Å². The van der Waals surface area contributed by atoms with Crippen LogP contribution in [0.5, 0.6) is 0 Å². The van der Waals surface area contributed by atoms with Crippen LogP contribution in [0.3, 0.4) is 0 Å². The fourth-order valence-electron chi connectivity index (χ4n) is 2.42. The maximum absolute atomic E-state index is 12.1. The Morgan fingerprint density at radius 2 is 1.67 bits per heavy atom. The molecule has 1 atom stereocenters. The number of Topliss-reactive ketones (excluding diaryl/α,β-unsaturated/α-hetero) is 1. The predicted molar refractivity (Wildman–Crippen MR) is 81.8 cm³/mol. The average molecular weight is 348 g/mol. The summed E-state index contributed by atoms with van der Waals surface area (Å²) in [5, 5.41) is 0. The maximum Gasteiger partial charge on any atom is 0.219 e. The predicted octanol–water partition coefficient (Wildman–Crippen LogP) is -0.289. The monoisotopic (exact) mass is 347 g/mol. The van der Waals surface area contributed by atoms with E-state index in [0.717, 1.165) is 17.5 Å². The molecule has 0 aromatic heterocycles. The molecule has 0 bridgehead atoms. The molecule has 0 saturated carbocycles. The number of quaternary nitrogens is 1. The van der Waals surface area contributed by atoms with E-state index in [1.54, 1.807) is 0 Å². The number of hydrogen-bond acceptors (Lipinski definition) is 1. The van der Waals surface area contributed by atoms with Crippen molar-refractivity contribution in [2.24, 2.45) is 0 Å². The second kappa shape index (κ2) is 7.53. The van der Waals surface area contributed by atoms with Crippen LogP contribution in [0.25, 0.3) is 0 Å². The molecule has 0 aliphatic carbocycles. The molecule has 0 spiro atoms. The van der Waals surface area contributed by atoms with Gasteiger partial charge in [0.1, 0.15) is 6.04 Å². The Balaban J connectivity index is 0.00000220. The van der Waals surface area contributed by atoms with Crippen LogP contribution in [0.15, 0.2) is 42.5 Å². The summed E-state index contributed by atoms with van der Waals surface area (Å²) >= 11 is 0. The van der Waals surface area contributed by atoms with Crippen molar-refractivity contribution in [3.05, 3.63) is 70.3 Å². The molecule has 0 aliphatic heterocycles. The van der Waals surface area contributed by atoms with Crippen molar-refractivity contribution in [2.45, 2.75) is 33.2 Å². The Morgan fingerprint density at radius 1 is 1.05 bits per heavy atom. The van der Waals surface area contributed by atoms with Crippen LogP contribution < -0.4 is 22.7 Å². The zero-order chi connectivity index (χ0) is 14.7. The molecule has 0 radical (unpaired) electrons. The van der Waals surface area contributed by atoms with E-state index in [0.29, 0.717) is 0 Å². The van der Waals surface area contributed by atoms with Crippen molar-refractivity contribution in [3.63, 3.8) is 0 Å². The Bertz CT molecular complexity index is 621. The molecule has 0 amide bonds. The van der Waals surface area contributed by atoms with Gasteiger partial charge in [-0.15, -0.1) is 0 Å². The van der Waals surface area contributed by atoms with Gasteiger partial charge in [0.05, 0.1) is 0 Å². The molecule has 112 valence electrons. The van der Waals surface area contributed by atoms with Gasteiger partial charge in [-0.3, -0.25) is 4.79 Å². The van der Waals surface area contributed by atoms with Gasteiger partial charge in [0.15, 0.2) is 0 Å². The maximum atomic E-state index is 12.1. The Morgan fingerprint density at radius 3 is 2.24 bits per heavy atom. The van der Waals surface area contributed by atoms with Crippen LogP contribution in [-0.4, -0.2) is 11.8 Å². The SMILES string of the molecule is Cc1c(Cc2ccccc2)ccc(C(=O)C(C)[NH3+])c1C.[Br-]. The van der Waals surface area contributed by atoms with Gasteiger partial charge in [-0.05, 0) is 49.4 Å². The van der Waals surface area contributed by atoms with Crippen LogP contribution in [-0.2, 0) is 6.42 Å². The van der Waals surface area contributed by atoms with E-state index in [4.69, 9.17) is 0 Å². The molecular weight excluding hydrogens is 326 g/mol. The number of carbonyl (C=O) groups excluding carboxylic acids is 1. The van der Waals surface area contributed by atoms with Crippen molar-refractivity contribution in [1.82, 2.24) is 0 Å². The summed E-state index contributed by atoms with van der Waals surface area (Å²) < 4.78 is 0. The first-order valence-electron chi connectivity index (χ1n) is 7.01. The molecular formula is C18H22BrNO. The summed E-state index contributed by atoms with van der Waals surface area (Å²) in [4.78, 5) is 12.1. The highest BCUT2D eigenvalue weighted by molar-refractivity contribution is 6.00. The van der Waals surface area contributed by atoms with Gasteiger partial charge in [-0.2, -0.15) is 0 Å². The van der Waals surface area contributed by atoms with Crippen LogP contribution in [0.1, 0.15) is 39.5 Å². The second-order valence-corrected chi connectivity index (χ2v) is 5.45. The number of halogens is 1. The van der Waals surface area contributed by atoms with Gasteiger partial charge in [-0.25, -0.2) is 0 Å². The molecule has 3 heteroatoms. The minimum absolute atomic E-state index is 0. The van der Waals surface area contributed by atoms with Crippen molar-refractivity contribution in [2.75, 3.05) is 0 Å². The van der Waals surface area contributed by atoms with Gasteiger partial charge in [0.25, 0.3) is 0 Å². The van der Waals surface area contributed by atoms with E-state index in [1.807, 2.05) is 26.0 Å². The molecule has 3 N–H and O–H groups in total. The van der Waals surface area contributed by atoms with Gasteiger partial charge >= 0.3 is 0 Å². The molecule has 21 heavy (non-hydrogen) atoms. The highest BCUT2D eigenvalue weighted by Crippen LogP contribution is 2.21. The van der Waals surface area contributed by atoms with E-state index in [2.05, 4.69) is 43.0 Å². The lowest BCUT2D eigenvalue weighted by molar-refractivity contribution is -0.393. The van der Waals surface area contributed by atoms with Crippen LogP contribution in [0.4, 0.5) is 0 Å². The molecule has 0 saturated heterocycles. The molecule has 0 heterocycles. The molecule has 0 fully saturated rings. The zero-order valence-corrected chi connectivity index (χ0v) is 14.4. The van der Waals surface area contributed by atoms with Gasteiger partial charge in [-0.1, -0.05) is 42.5 Å². The number of ketones is 1. The topological polar surface area (TPSA) is 44.7 Å². The van der Waals surface area contributed by atoms with Gasteiger partial charge in [0, 0.05) is 5.56 Å². The quantitative estimate of drug-likeness (QED) is 0.759. The highest BCUT2D eigenvalue weighted by atomic mass is 79.9. The second-order valence-electron chi connectivity index (χ2n) is 5.45. The molecule has 2 aromatic rings. The Kier molecular flexibility index (Phi) is 6.31. The third-order valence-corrected chi connectivity index (χ3v) is 3.85. The third-order valence-electron chi connectivity index (χ3n) is 3.85. The molecule has 2 nitrogen and oxygen atoms in total. The molecule has 0 aliphatic rings. The minimum atomic E-state index is -0.201. The summed E-state index contributed by atoms with van der Waals surface area (Å²) in [6.07, 6.45) is 0.905. The van der Waals surface area contributed by atoms with Crippen LogP contribution in [0, 0.1) is 13.8 Å². The fourth-order valence-corrected chi connectivity index (χ4v) is 2.42. The van der Waals surface area contributed by atoms with E-state index in [-0.39, 0.29) is 28.8 Å². The average Bonchev–Trinajstić information content (AvgIpc) is 2.44.